The van der Waals surface area contributed by atoms with Gasteiger partial charge in [0.15, 0.2) is 0 Å². The Bertz CT molecular complexity index is 3680. The smallest absolute Gasteiger partial charge is 0.136 e. The van der Waals surface area contributed by atoms with Crippen LogP contribution in [-0.4, -0.2) is 0 Å². The van der Waals surface area contributed by atoms with Crippen LogP contribution >= 0.6 is 0 Å². The van der Waals surface area contributed by atoms with E-state index < -0.39 is 0 Å². The molecule has 13 rings (SSSR count). The van der Waals surface area contributed by atoms with E-state index in [9.17, 15) is 0 Å². The maximum Gasteiger partial charge on any atom is 0.136 e. The molecular weight excluding hydrogens is 665 g/mol. The molecule has 0 aliphatic carbocycles. The van der Waals surface area contributed by atoms with Crippen LogP contribution in [0.2, 0.25) is 0 Å². The van der Waals surface area contributed by atoms with Crippen LogP contribution in [0.5, 0.6) is 0 Å². The van der Waals surface area contributed by atoms with Crippen molar-refractivity contribution < 1.29 is 4.42 Å². The van der Waals surface area contributed by atoms with Gasteiger partial charge in [0.05, 0.1) is 0 Å². The van der Waals surface area contributed by atoms with Gasteiger partial charge in [-0.2, -0.15) is 0 Å². The van der Waals surface area contributed by atoms with Gasteiger partial charge in [-0.25, -0.2) is 0 Å². The van der Waals surface area contributed by atoms with E-state index in [2.05, 4.69) is 182 Å². The molecule has 0 unspecified atom stereocenters. The second-order valence-corrected chi connectivity index (χ2v) is 15.2. The first-order valence-corrected chi connectivity index (χ1v) is 19.1. The molecule has 252 valence electrons. The molecule has 0 fully saturated rings. The van der Waals surface area contributed by atoms with E-state index in [0.717, 1.165) is 21.9 Å². The Balaban J connectivity index is 1.14. The normalized spacial score (nSPS) is 12.4. The van der Waals surface area contributed by atoms with Gasteiger partial charge in [0.25, 0.3) is 0 Å². The van der Waals surface area contributed by atoms with Crippen LogP contribution in [0.4, 0.5) is 0 Å². The highest BCUT2D eigenvalue weighted by Gasteiger charge is 2.21. The fourth-order valence-corrected chi connectivity index (χ4v) is 9.86. The summed E-state index contributed by atoms with van der Waals surface area (Å²) in [6.07, 6.45) is 0. The van der Waals surface area contributed by atoms with Crippen LogP contribution in [0, 0.1) is 0 Å². The summed E-state index contributed by atoms with van der Waals surface area (Å²) in [6, 6.07) is 67.6. The highest BCUT2D eigenvalue weighted by molar-refractivity contribution is 6.28. The topological polar surface area (TPSA) is 13.1 Å². The molecule has 13 aromatic rings. The van der Waals surface area contributed by atoms with E-state index in [-0.39, 0.29) is 0 Å². The minimum absolute atomic E-state index is 0.903. The third-order valence-electron chi connectivity index (χ3n) is 12.3. The first kappa shape index (κ1) is 29.3. The molecule has 0 spiro atoms. The van der Waals surface area contributed by atoms with Gasteiger partial charge in [-0.3, -0.25) is 0 Å². The molecule has 0 atom stereocenters. The Morgan fingerprint density at radius 3 is 1.42 bits per heavy atom. The zero-order valence-corrected chi connectivity index (χ0v) is 29.7. The molecule has 55 heavy (non-hydrogen) atoms. The summed E-state index contributed by atoms with van der Waals surface area (Å²) >= 11 is 0. The number of furan rings is 1. The minimum atomic E-state index is 0.903. The molecule has 0 aliphatic heterocycles. The van der Waals surface area contributed by atoms with Crippen molar-refractivity contribution in [3.8, 4) is 33.4 Å². The first-order chi connectivity index (χ1) is 27.2. The zero-order chi connectivity index (χ0) is 35.8. The predicted molar refractivity (Wildman–Crippen MR) is 235 cm³/mol. The van der Waals surface area contributed by atoms with Crippen molar-refractivity contribution in [2.45, 2.75) is 0 Å². The number of rotatable bonds is 3. The SMILES string of the molecule is c1ccc2cc3c(cc2c1)oc1cccc(-c2ccc(-c4ccc5ccc6cccc7ccc4c5c67)cc2-c2ccc4ccc5cccc6ccc2c4c56)c13. The monoisotopic (exact) mass is 694 g/mol. The first-order valence-electron chi connectivity index (χ1n) is 19.1. The van der Waals surface area contributed by atoms with Crippen molar-refractivity contribution in [1.82, 2.24) is 0 Å². The van der Waals surface area contributed by atoms with E-state index in [1.54, 1.807) is 0 Å². The van der Waals surface area contributed by atoms with Gasteiger partial charge in [0, 0.05) is 10.8 Å². The van der Waals surface area contributed by atoms with Gasteiger partial charge in [0.2, 0.25) is 0 Å². The second kappa shape index (κ2) is 10.7. The summed E-state index contributed by atoms with van der Waals surface area (Å²) in [7, 11) is 0. The summed E-state index contributed by atoms with van der Waals surface area (Å²) in [5, 5.41) is 20.2. The molecule has 1 aromatic heterocycles. The van der Waals surface area contributed by atoms with Crippen LogP contribution < -0.4 is 0 Å². The standard InChI is InChI=1S/C54H30O/c1-2-7-38-30-49-47(28-37(38)6-1)54-43(12-5-13-48(54)55-49)41-25-22-39(40-23-18-35-16-14-31-8-3-10-33-20-26-44(40)52(35)50(31)33)29-46(41)42-24-19-36-17-15-32-9-4-11-34-21-27-45(42)53(36)51(32)34/h1-30H. The molecule has 0 aliphatic rings. The maximum absolute atomic E-state index is 6.61. The molecule has 0 saturated carbocycles. The lowest BCUT2D eigenvalue weighted by Crippen LogP contribution is -1.92. The molecule has 12 aromatic carbocycles. The summed E-state index contributed by atoms with van der Waals surface area (Å²) in [6.45, 7) is 0. The van der Waals surface area contributed by atoms with Crippen molar-refractivity contribution in [1.29, 1.82) is 0 Å². The summed E-state index contributed by atoms with van der Waals surface area (Å²) < 4.78 is 6.61. The fourth-order valence-electron chi connectivity index (χ4n) is 9.86. The Labute approximate surface area is 315 Å². The van der Waals surface area contributed by atoms with Crippen molar-refractivity contribution in [2.75, 3.05) is 0 Å². The minimum Gasteiger partial charge on any atom is -0.456 e. The van der Waals surface area contributed by atoms with E-state index in [4.69, 9.17) is 4.42 Å². The van der Waals surface area contributed by atoms with Gasteiger partial charge in [-0.05, 0) is 133 Å². The Morgan fingerprint density at radius 1 is 0.236 bits per heavy atom. The van der Waals surface area contributed by atoms with Crippen LogP contribution in [-0.2, 0) is 0 Å². The number of fused-ring (bicyclic) bond motifs is 4. The van der Waals surface area contributed by atoms with Crippen molar-refractivity contribution in [2.24, 2.45) is 0 Å². The van der Waals surface area contributed by atoms with Crippen molar-refractivity contribution >= 4 is 97.3 Å². The molecule has 0 bridgehead atoms. The Kier molecular flexibility index (Phi) is 5.69. The number of hydrogen-bond acceptors (Lipinski definition) is 1. The Hall–Kier alpha value is -7.22. The van der Waals surface area contributed by atoms with E-state index in [0.29, 0.717) is 0 Å². The number of hydrogen-bond donors (Lipinski definition) is 0. The van der Waals surface area contributed by atoms with Crippen LogP contribution in [0.15, 0.2) is 186 Å². The summed E-state index contributed by atoms with van der Waals surface area (Å²) in [5.74, 6) is 0. The molecule has 0 saturated heterocycles. The largest absolute Gasteiger partial charge is 0.456 e. The average Bonchev–Trinajstić information content (AvgIpc) is 3.61. The van der Waals surface area contributed by atoms with Crippen LogP contribution in [0.3, 0.4) is 0 Å². The molecule has 0 radical (unpaired) electrons. The summed E-state index contributed by atoms with van der Waals surface area (Å²) in [5.41, 5.74) is 9.08. The van der Waals surface area contributed by atoms with Crippen LogP contribution in [0.25, 0.3) is 131 Å². The predicted octanol–water partition coefficient (Wildman–Crippen LogP) is 15.5. The fraction of sp³-hybridized carbons (Fsp3) is 0. The molecule has 1 nitrogen and oxygen atoms in total. The van der Waals surface area contributed by atoms with Crippen molar-refractivity contribution in [3.05, 3.63) is 182 Å². The molecule has 1 heterocycles. The van der Waals surface area contributed by atoms with E-state index in [1.807, 2.05) is 0 Å². The molecule has 1 heteroatoms. The van der Waals surface area contributed by atoms with Crippen LogP contribution in [0.1, 0.15) is 0 Å². The molecule has 0 amide bonds. The van der Waals surface area contributed by atoms with Gasteiger partial charge >= 0.3 is 0 Å². The zero-order valence-electron chi connectivity index (χ0n) is 29.7. The number of benzene rings is 12. The van der Waals surface area contributed by atoms with Gasteiger partial charge < -0.3 is 4.42 Å². The molecule has 0 N–H and O–H groups in total. The lowest BCUT2D eigenvalue weighted by Gasteiger charge is -2.19. The van der Waals surface area contributed by atoms with Crippen molar-refractivity contribution in [3.63, 3.8) is 0 Å². The Morgan fingerprint density at radius 2 is 0.745 bits per heavy atom. The maximum atomic E-state index is 6.61. The third-order valence-corrected chi connectivity index (χ3v) is 12.3. The average molecular weight is 695 g/mol. The van der Waals surface area contributed by atoms with Gasteiger partial charge in [-0.1, -0.05) is 158 Å². The third kappa shape index (κ3) is 4.02. The van der Waals surface area contributed by atoms with E-state index in [1.165, 1.54) is 109 Å². The van der Waals surface area contributed by atoms with E-state index >= 15 is 0 Å². The lowest BCUT2D eigenvalue weighted by molar-refractivity contribution is 0.669. The highest BCUT2D eigenvalue weighted by Crippen LogP contribution is 2.47. The summed E-state index contributed by atoms with van der Waals surface area (Å²) in [4.78, 5) is 0. The quantitative estimate of drug-likeness (QED) is 0.168. The lowest BCUT2D eigenvalue weighted by atomic mass is 9.84. The molecular formula is C54H30O. The van der Waals surface area contributed by atoms with Gasteiger partial charge in [-0.15, -0.1) is 0 Å². The second-order valence-electron chi connectivity index (χ2n) is 15.2. The van der Waals surface area contributed by atoms with Gasteiger partial charge in [0.1, 0.15) is 11.2 Å². The highest BCUT2D eigenvalue weighted by atomic mass is 16.3.